The highest BCUT2D eigenvalue weighted by Gasteiger charge is 2.29. The van der Waals surface area contributed by atoms with Crippen LogP contribution in [0.1, 0.15) is 31.2 Å². The van der Waals surface area contributed by atoms with Gasteiger partial charge in [0.2, 0.25) is 11.8 Å². The van der Waals surface area contributed by atoms with Gasteiger partial charge in [-0.2, -0.15) is 5.26 Å². The average Bonchev–Trinajstić information content (AvgIpc) is 2.64. The average molecular weight is 358 g/mol. The third-order valence-electron chi connectivity index (χ3n) is 5.26. The maximum absolute atomic E-state index is 14.2. The number of hydrogen-bond acceptors (Lipinski definition) is 4. The lowest BCUT2D eigenvalue weighted by Crippen LogP contribution is -2.51. The molecular formula is C19H23FN4O2. The smallest absolute Gasteiger partial charge is 0.223 e. The summed E-state index contributed by atoms with van der Waals surface area (Å²) in [6, 6.07) is 6.42. The molecule has 1 aromatic carbocycles. The van der Waals surface area contributed by atoms with E-state index in [2.05, 4.69) is 5.32 Å². The Morgan fingerprint density at radius 2 is 2.04 bits per heavy atom. The SMILES string of the molecule is CN1CC(NC(=O)C2CCN(c3ccc(C#N)cc3F)CC2)CCC1=O. The number of halogens is 1. The van der Waals surface area contributed by atoms with Crippen molar-refractivity contribution in [2.75, 3.05) is 31.6 Å². The standard InChI is InChI=1S/C19H23FN4O2/c1-23-12-15(3-5-18(23)25)22-19(26)14-6-8-24(9-7-14)17-4-2-13(11-21)10-16(17)20/h2,4,10,14-15H,3,5-9,12H2,1H3,(H,22,26). The van der Waals surface area contributed by atoms with Crippen LogP contribution in [0.2, 0.25) is 0 Å². The number of nitriles is 1. The molecule has 0 aliphatic carbocycles. The van der Waals surface area contributed by atoms with Gasteiger partial charge in [-0.1, -0.05) is 0 Å². The summed E-state index contributed by atoms with van der Waals surface area (Å²) >= 11 is 0. The summed E-state index contributed by atoms with van der Waals surface area (Å²) in [5.74, 6) is -0.344. The summed E-state index contributed by atoms with van der Waals surface area (Å²) in [4.78, 5) is 27.6. The maximum atomic E-state index is 14.2. The normalized spacial score (nSPS) is 21.4. The zero-order valence-electron chi connectivity index (χ0n) is 14.9. The van der Waals surface area contributed by atoms with Gasteiger partial charge in [-0.25, -0.2) is 4.39 Å². The largest absolute Gasteiger partial charge is 0.369 e. The van der Waals surface area contributed by atoms with Gasteiger partial charge in [0.15, 0.2) is 0 Å². The molecule has 0 bridgehead atoms. The number of piperidine rings is 2. The lowest BCUT2D eigenvalue weighted by Gasteiger charge is -2.35. The number of nitrogens with one attached hydrogen (secondary N) is 1. The molecule has 1 atom stereocenters. The van der Waals surface area contributed by atoms with Gasteiger partial charge in [0.25, 0.3) is 0 Å². The molecular weight excluding hydrogens is 335 g/mol. The molecule has 1 unspecified atom stereocenters. The van der Waals surface area contributed by atoms with Crippen LogP contribution >= 0.6 is 0 Å². The molecule has 7 heteroatoms. The summed E-state index contributed by atoms with van der Waals surface area (Å²) in [7, 11) is 1.76. The molecule has 2 heterocycles. The summed E-state index contributed by atoms with van der Waals surface area (Å²) in [6.45, 7) is 1.76. The van der Waals surface area contributed by atoms with E-state index in [4.69, 9.17) is 5.26 Å². The zero-order valence-corrected chi connectivity index (χ0v) is 14.9. The van der Waals surface area contributed by atoms with Gasteiger partial charge in [-0.05, 0) is 37.5 Å². The highest BCUT2D eigenvalue weighted by Crippen LogP contribution is 2.26. The second-order valence-corrected chi connectivity index (χ2v) is 7.06. The molecule has 1 N–H and O–H groups in total. The number of nitrogens with zero attached hydrogens (tertiary/aromatic N) is 3. The third-order valence-corrected chi connectivity index (χ3v) is 5.26. The van der Waals surface area contributed by atoms with Crippen molar-refractivity contribution in [2.24, 2.45) is 5.92 Å². The molecule has 26 heavy (non-hydrogen) atoms. The summed E-state index contributed by atoms with van der Waals surface area (Å²) < 4.78 is 14.2. The van der Waals surface area contributed by atoms with Crippen LogP contribution in [-0.2, 0) is 9.59 Å². The van der Waals surface area contributed by atoms with Crippen molar-refractivity contribution in [1.29, 1.82) is 5.26 Å². The van der Waals surface area contributed by atoms with Crippen molar-refractivity contribution in [3.8, 4) is 6.07 Å². The van der Waals surface area contributed by atoms with Gasteiger partial charge >= 0.3 is 0 Å². The van der Waals surface area contributed by atoms with Crippen LogP contribution in [0.25, 0.3) is 0 Å². The van der Waals surface area contributed by atoms with Gasteiger partial charge < -0.3 is 15.1 Å². The van der Waals surface area contributed by atoms with E-state index in [9.17, 15) is 14.0 Å². The second-order valence-electron chi connectivity index (χ2n) is 7.06. The Bertz CT molecular complexity index is 738. The van der Waals surface area contributed by atoms with E-state index in [1.165, 1.54) is 6.07 Å². The monoisotopic (exact) mass is 358 g/mol. The van der Waals surface area contributed by atoms with Gasteiger partial charge in [-0.15, -0.1) is 0 Å². The van der Waals surface area contributed by atoms with E-state index in [1.807, 2.05) is 11.0 Å². The first-order valence-electron chi connectivity index (χ1n) is 8.97. The van der Waals surface area contributed by atoms with Crippen LogP contribution < -0.4 is 10.2 Å². The molecule has 3 rings (SSSR count). The van der Waals surface area contributed by atoms with E-state index >= 15 is 0 Å². The number of carbonyl (C=O) groups excluding carboxylic acids is 2. The molecule has 0 saturated carbocycles. The van der Waals surface area contributed by atoms with Gasteiger partial charge in [0.05, 0.1) is 17.3 Å². The Labute approximate surface area is 152 Å². The van der Waals surface area contributed by atoms with Crippen LogP contribution in [0.4, 0.5) is 10.1 Å². The topological polar surface area (TPSA) is 76.4 Å². The van der Waals surface area contributed by atoms with Gasteiger partial charge in [-0.3, -0.25) is 9.59 Å². The molecule has 2 aliphatic heterocycles. The van der Waals surface area contributed by atoms with E-state index in [0.717, 1.165) is 0 Å². The van der Waals surface area contributed by atoms with E-state index in [0.29, 0.717) is 56.6 Å². The minimum Gasteiger partial charge on any atom is -0.369 e. The molecule has 0 spiro atoms. The molecule has 2 saturated heterocycles. The number of carbonyl (C=O) groups is 2. The Balaban J connectivity index is 1.53. The Morgan fingerprint density at radius 1 is 1.31 bits per heavy atom. The number of benzene rings is 1. The van der Waals surface area contributed by atoms with Crippen molar-refractivity contribution >= 4 is 17.5 Å². The number of rotatable bonds is 3. The lowest BCUT2D eigenvalue weighted by atomic mass is 9.94. The first-order chi connectivity index (χ1) is 12.5. The third kappa shape index (κ3) is 3.96. The molecule has 2 fully saturated rings. The molecule has 0 aromatic heterocycles. The van der Waals surface area contributed by atoms with Crippen molar-refractivity contribution in [3.63, 3.8) is 0 Å². The molecule has 2 amide bonds. The maximum Gasteiger partial charge on any atom is 0.223 e. The summed E-state index contributed by atoms with van der Waals surface area (Å²) in [6.07, 6.45) is 2.47. The van der Waals surface area contributed by atoms with Crippen LogP contribution in [0, 0.1) is 23.1 Å². The highest BCUT2D eigenvalue weighted by molar-refractivity contribution is 5.80. The fraction of sp³-hybridized carbons (Fsp3) is 0.526. The Hall–Kier alpha value is -2.62. The number of hydrogen-bond donors (Lipinski definition) is 1. The van der Waals surface area contributed by atoms with E-state index in [1.54, 1.807) is 24.1 Å². The number of likely N-dealkylation sites (N-methyl/N-ethyl adjacent to an activating group) is 1. The molecule has 6 nitrogen and oxygen atoms in total. The predicted octanol–water partition coefficient (Wildman–Crippen LogP) is 1.65. The van der Waals surface area contributed by atoms with Crippen LogP contribution in [0.3, 0.4) is 0 Å². The van der Waals surface area contributed by atoms with Crippen molar-refractivity contribution < 1.29 is 14.0 Å². The quantitative estimate of drug-likeness (QED) is 0.891. The summed E-state index contributed by atoms with van der Waals surface area (Å²) in [5, 5.41) is 11.9. The van der Waals surface area contributed by atoms with E-state index < -0.39 is 5.82 Å². The number of amides is 2. The Morgan fingerprint density at radius 3 is 2.65 bits per heavy atom. The predicted molar refractivity (Wildman–Crippen MR) is 94.9 cm³/mol. The van der Waals surface area contributed by atoms with Crippen molar-refractivity contribution in [3.05, 3.63) is 29.6 Å². The molecule has 138 valence electrons. The fourth-order valence-electron chi connectivity index (χ4n) is 3.66. The zero-order chi connectivity index (χ0) is 18.7. The van der Waals surface area contributed by atoms with Gasteiger partial charge in [0, 0.05) is 45.1 Å². The van der Waals surface area contributed by atoms with Crippen LogP contribution in [-0.4, -0.2) is 49.4 Å². The molecule has 0 radical (unpaired) electrons. The molecule has 2 aliphatic rings. The fourth-order valence-corrected chi connectivity index (χ4v) is 3.66. The van der Waals surface area contributed by atoms with E-state index in [-0.39, 0.29) is 23.8 Å². The lowest BCUT2D eigenvalue weighted by molar-refractivity contribution is -0.134. The molecule has 1 aromatic rings. The minimum atomic E-state index is -0.401. The summed E-state index contributed by atoms with van der Waals surface area (Å²) in [5.41, 5.74) is 0.784. The Kier molecular flexibility index (Phi) is 5.40. The first-order valence-corrected chi connectivity index (χ1v) is 8.97. The second kappa shape index (κ2) is 7.73. The number of anilines is 1. The van der Waals surface area contributed by atoms with Crippen molar-refractivity contribution in [1.82, 2.24) is 10.2 Å². The van der Waals surface area contributed by atoms with Crippen LogP contribution in [0.15, 0.2) is 18.2 Å². The highest BCUT2D eigenvalue weighted by atomic mass is 19.1. The van der Waals surface area contributed by atoms with Crippen LogP contribution in [0.5, 0.6) is 0 Å². The minimum absolute atomic E-state index is 0.0131. The number of likely N-dealkylation sites (tertiary alicyclic amines) is 1. The van der Waals surface area contributed by atoms with Crippen molar-refractivity contribution in [2.45, 2.75) is 31.7 Å². The van der Waals surface area contributed by atoms with Gasteiger partial charge in [0.1, 0.15) is 5.82 Å². The first kappa shape index (κ1) is 18.2.